The second-order valence-electron chi connectivity index (χ2n) is 6.67. The Hall–Kier alpha value is -3.64. The van der Waals surface area contributed by atoms with Crippen LogP contribution < -0.4 is 10.7 Å². The number of anilines is 1. The summed E-state index contributed by atoms with van der Waals surface area (Å²) in [5, 5.41) is 4.14. The van der Waals surface area contributed by atoms with Gasteiger partial charge in [0.2, 0.25) is 0 Å². The van der Waals surface area contributed by atoms with Gasteiger partial charge in [-0.15, -0.1) is 0 Å². The van der Waals surface area contributed by atoms with E-state index in [9.17, 15) is 14.4 Å². The summed E-state index contributed by atoms with van der Waals surface area (Å²) >= 11 is 5.89. The summed E-state index contributed by atoms with van der Waals surface area (Å²) in [5.74, 6) is -1.06. The van der Waals surface area contributed by atoms with E-state index in [1.807, 2.05) is 0 Å². The molecule has 0 unspecified atom stereocenters. The summed E-state index contributed by atoms with van der Waals surface area (Å²) in [4.78, 5) is 37.3. The Morgan fingerprint density at radius 1 is 0.900 bits per heavy atom. The third kappa shape index (κ3) is 4.04. The van der Waals surface area contributed by atoms with E-state index in [4.69, 9.17) is 16.3 Å². The molecule has 1 heterocycles. The summed E-state index contributed by atoms with van der Waals surface area (Å²) < 4.78 is 6.88. The van der Waals surface area contributed by atoms with Crippen molar-refractivity contribution < 1.29 is 14.3 Å². The highest BCUT2D eigenvalue weighted by atomic mass is 35.5. The first-order valence-electron chi connectivity index (χ1n) is 9.24. The molecule has 150 valence electrons. The number of benzene rings is 3. The second-order valence-corrected chi connectivity index (χ2v) is 7.11. The van der Waals surface area contributed by atoms with Gasteiger partial charge in [0.25, 0.3) is 5.91 Å². The third-order valence-corrected chi connectivity index (χ3v) is 4.87. The van der Waals surface area contributed by atoms with Gasteiger partial charge in [-0.25, -0.2) is 0 Å². The van der Waals surface area contributed by atoms with Crippen molar-refractivity contribution >= 4 is 51.0 Å². The van der Waals surface area contributed by atoms with Gasteiger partial charge in [-0.2, -0.15) is 0 Å². The van der Waals surface area contributed by atoms with Crippen LogP contribution in [-0.4, -0.2) is 23.1 Å². The minimum absolute atomic E-state index is 0.0910. The SMILES string of the molecule is O=C(COC(=O)Cn1c2ccccc2c(=O)c2ccccc21)Nc1cccc(Cl)c1. The van der Waals surface area contributed by atoms with Crippen LogP contribution >= 0.6 is 11.6 Å². The molecule has 3 aromatic carbocycles. The minimum atomic E-state index is -0.588. The van der Waals surface area contributed by atoms with E-state index < -0.39 is 18.5 Å². The number of fused-ring (bicyclic) bond motifs is 2. The number of aromatic nitrogens is 1. The number of ether oxygens (including phenoxy) is 1. The number of nitrogens with one attached hydrogen (secondary N) is 1. The highest BCUT2D eigenvalue weighted by molar-refractivity contribution is 6.30. The largest absolute Gasteiger partial charge is 0.454 e. The van der Waals surface area contributed by atoms with Gasteiger partial charge in [-0.3, -0.25) is 14.4 Å². The van der Waals surface area contributed by atoms with Crippen molar-refractivity contribution in [3.8, 4) is 0 Å². The molecule has 0 saturated carbocycles. The number of hydrogen-bond donors (Lipinski definition) is 1. The first-order chi connectivity index (χ1) is 14.5. The molecular formula is C23H17ClN2O4. The molecule has 0 aliphatic carbocycles. The summed E-state index contributed by atoms with van der Waals surface area (Å²) in [7, 11) is 0. The zero-order chi connectivity index (χ0) is 21.1. The van der Waals surface area contributed by atoms with Gasteiger partial charge in [-0.1, -0.05) is 41.9 Å². The van der Waals surface area contributed by atoms with E-state index >= 15 is 0 Å². The van der Waals surface area contributed by atoms with Crippen LogP contribution in [0.15, 0.2) is 77.6 Å². The fourth-order valence-corrected chi connectivity index (χ4v) is 3.52. The number of carbonyl (C=O) groups excluding carboxylic acids is 2. The second kappa shape index (κ2) is 8.39. The number of pyridine rings is 1. The monoisotopic (exact) mass is 420 g/mol. The van der Waals surface area contributed by atoms with Crippen LogP contribution in [0.5, 0.6) is 0 Å². The van der Waals surface area contributed by atoms with Crippen LogP contribution in [0.3, 0.4) is 0 Å². The molecule has 0 spiro atoms. The lowest BCUT2D eigenvalue weighted by Gasteiger charge is -2.14. The van der Waals surface area contributed by atoms with E-state index in [-0.39, 0.29) is 12.0 Å². The van der Waals surface area contributed by atoms with E-state index in [0.717, 1.165) is 0 Å². The molecule has 0 bridgehead atoms. The number of nitrogens with zero attached hydrogens (tertiary/aromatic N) is 1. The lowest BCUT2D eigenvalue weighted by Crippen LogP contribution is -2.24. The molecule has 0 atom stereocenters. The quantitative estimate of drug-likeness (QED) is 0.391. The van der Waals surface area contributed by atoms with Crippen LogP contribution in [0, 0.1) is 0 Å². The number of hydrogen-bond acceptors (Lipinski definition) is 4. The molecule has 1 amide bonds. The van der Waals surface area contributed by atoms with Gasteiger partial charge in [0, 0.05) is 21.5 Å². The molecule has 0 aliphatic heterocycles. The van der Waals surface area contributed by atoms with Crippen molar-refractivity contribution in [2.45, 2.75) is 6.54 Å². The number of esters is 1. The minimum Gasteiger partial charge on any atom is -0.454 e. The number of para-hydroxylation sites is 2. The van der Waals surface area contributed by atoms with Gasteiger partial charge in [-0.05, 0) is 42.5 Å². The van der Waals surface area contributed by atoms with Crippen LogP contribution in [0.25, 0.3) is 21.8 Å². The van der Waals surface area contributed by atoms with Crippen molar-refractivity contribution in [3.05, 3.63) is 88.0 Å². The first kappa shape index (κ1) is 19.7. The van der Waals surface area contributed by atoms with Crippen molar-refractivity contribution in [2.24, 2.45) is 0 Å². The molecule has 4 aromatic rings. The third-order valence-electron chi connectivity index (χ3n) is 4.64. The van der Waals surface area contributed by atoms with Crippen LogP contribution in [0.2, 0.25) is 5.02 Å². The van der Waals surface area contributed by atoms with Crippen molar-refractivity contribution in [2.75, 3.05) is 11.9 Å². The predicted molar refractivity (Wildman–Crippen MR) is 117 cm³/mol. The fourth-order valence-electron chi connectivity index (χ4n) is 3.33. The summed E-state index contributed by atoms with van der Waals surface area (Å²) in [6.07, 6.45) is 0. The van der Waals surface area contributed by atoms with E-state index in [1.54, 1.807) is 77.4 Å². The standard InChI is InChI=1S/C23H17ClN2O4/c24-15-6-5-7-16(12-15)25-21(27)14-30-22(28)13-26-19-10-3-1-8-17(19)23(29)18-9-2-4-11-20(18)26/h1-12H,13-14H2,(H,25,27). The fraction of sp³-hybridized carbons (Fsp3) is 0.0870. The van der Waals surface area contributed by atoms with E-state index in [0.29, 0.717) is 32.5 Å². The Bertz CT molecular complexity index is 1270. The number of rotatable bonds is 5. The lowest BCUT2D eigenvalue weighted by molar-refractivity contribution is -0.147. The smallest absolute Gasteiger partial charge is 0.326 e. The van der Waals surface area contributed by atoms with Gasteiger partial charge < -0.3 is 14.6 Å². The normalized spacial score (nSPS) is 10.8. The number of carbonyl (C=O) groups is 2. The Labute approximate surface area is 176 Å². The molecule has 1 N–H and O–H groups in total. The average molecular weight is 421 g/mol. The lowest BCUT2D eigenvalue weighted by atomic mass is 10.1. The number of halogens is 1. The van der Waals surface area contributed by atoms with Crippen LogP contribution in [0.1, 0.15) is 0 Å². The maximum absolute atomic E-state index is 12.7. The summed E-state index contributed by atoms with van der Waals surface area (Å²) in [5.41, 5.74) is 1.68. The average Bonchev–Trinajstić information content (AvgIpc) is 2.75. The summed E-state index contributed by atoms with van der Waals surface area (Å²) in [6, 6.07) is 20.9. The van der Waals surface area contributed by atoms with Gasteiger partial charge in [0.15, 0.2) is 12.0 Å². The zero-order valence-corrected chi connectivity index (χ0v) is 16.6. The topological polar surface area (TPSA) is 77.4 Å². The van der Waals surface area contributed by atoms with Crippen molar-refractivity contribution in [3.63, 3.8) is 0 Å². The van der Waals surface area contributed by atoms with Gasteiger partial charge >= 0.3 is 5.97 Å². The molecule has 7 heteroatoms. The Morgan fingerprint density at radius 3 is 2.17 bits per heavy atom. The Balaban J connectivity index is 1.53. The highest BCUT2D eigenvalue weighted by Gasteiger charge is 2.14. The number of amides is 1. The van der Waals surface area contributed by atoms with Crippen LogP contribution in [-0.2, 0) is 20.9 Å². The highest BCUT2D eigenvalue weighted by Crippen LogP contribution is 2.19. The zero-order valence-electron chi connectivity index (χ0n) is 15.8. The molecule has 6 nitrogen and oxygen atoms in total. The molecule has 0 radical (unpaired) electrons. The van der Waals surface area contributed by atoms with Gasteiger partial charge in [0.1, 0.15) is 6.54 Å². The molecule has 0 saturated heterocycles. The first-order valence-corrected chi connectivity index (χ1v) is 9.62. The molecule has 4 rings (SSSR count). The van der Waals surface area contributed by atoms with Crippen LogP contribution in [0.4, 0.5) is 5.69 Å². The predicted octanol–water partition coefficient (Wildman–Crippen LogP) is 3.99. The molecule has 1 aromatic heterocycles. The maximum Gasteiger partial charge on any atom is 0.326 e. The molecule has 0 aliphatic rings. The molecule has 0 fully saturated rings. The van der Waals surface area contributed by atoms with E-state index in [2.05, 4.69) is 5.32 Å². The Morgan fingerprint density at radius 2 is 1.53 bits per heavy atom. The van der Waals surface area contributed by atoms with Crippen molar-refractivity contribution in [1.82, 2.24) is 4.57 Å². The molecule has 30 heavy (non-hydrogen) atoms. The maximum atomic E-state index is 12.7. The Kier molecular flexibility index (Phi) is 5.50. The summed E-state index contributed by atoms with van der Waals surface area (Å²) in [6.45, 7) is -0.562. The van der Waals surface area contributed by atoms with E-state index in [1.165, 1.54) is 0 Å². The van der Waals surface area contributed by atoms with Gasteiger partial charge in [0.05, 0.1) is 11.0 Å². The van der Waals surface area contributed by atoms with Crippen molar-refractivity contribution in [1.29, 1.82) is 0 Å². The molecular weight excluding hydrogens is 404 g/mol.